The maximum absolute atomic E-state index is 10.8. The lowest BCUT2D eigenvalue weighted by Gasteiger charge is -2.20. The van der Waals surface area contributed by atoms with Gasteiger partial charge in [-0.3, -0.25) is 10.1 Å². The van der Waals surface area contributed by atoms with Gasteiger partial charge in [-0.1, -0.05) is 19.4 Å². The van der Waals surface area contributed by atoms with Crippen LogP contribution in [-0.4, -0.2) is 4.92 Å². The molecule has 1 fully saturated rings. The summed E-state index contributed by atoms with van der Waals surface area (Å²) in [5.74, 6) is 1.56. The Kier molecular flexibility index (Phi) is 2.63. The molecule has 1 saturated carbocycles. The summed E-state index contributed by atoms with van der Waals surface area (Å²) < 4.78 is 0. The zero-order valence-electron chi connectivity index (χ0n) is 9.27. The van der Waals surface area contributed by atoms with Crippen molar-refractivity contribution in [2.75, 3.05) is 0 Å². The van der Waals surface area contributed by atoms with E-state index in [1.165, 1.54) is 18.4 Å². The summed E-state index contributed by atoms with van der Waals surface area (Å²) in [5, 5.41) is 10.8. The molecule has 0 amide bonds. The molecule has 82 valence electrons. The van der Waals surface area contributed by atoms with Crippen LogP contribution in [0, 0.1) is 27.9 Å². The second kappa shape index (κ2) is 3.80. The van der Waals surface area contributed by atoms with Gasteiger partial charge in [-0.2, -0.15) is 0 Å². The van der Waals surface area contributed by atoms with Crippen LogP contribution in [0.4, 0.5) is 0 Å². The largest absolute Gasteiger partial charge is 0.265 e. The molecule has 0 spiro atoms. The van der Waals surface area contributed by atoms with E-state index in [1.54, 1.807) is 6.08 Å². The summed E-state index contributed by atoms with van der Waals surface area (Å²) in [4.78, 5) is 10.6. The highest BCUT2D eigenvalue weighted by Gasteiger charge is 2.34. The fourth-order valence-electron chi connectivity index (χ4n) is 2.19. The minimum atomic E-state index is -0.253. The molecule has 0 aromatic carbocycles. The molecule has 3 nitrogen and oxygen atoms in total. The van der Waals surface area contributed by atoms with Crippen molar-refractivity contribution in [3.63, 3.8) is 0 Å². The fourth-order valence-corrected chi connectivity index (χ4v) is 2.19. The van der Waals surface area contributed by atoms with E-state index in [4.69, 9.17) is 0 Å². The Labute approximate surface area is 90.0 Å². The van der Waals surface area contributed by atoms with Gasteiger partial charge in [0.15, 0.2) is 0 Å². The van der Waals surface area contributed by atoms with Crippen LogP contribution in [0.1, 0.15) is 33.1 Å². The molecule has 2 aliphatic rings. The first-order valence-electron chi connectivity index (χ1n) is 5.64. The molecule has 2 rings (SSSR count). The number of nitro groups is 1. The molecular weight excluding hydrogens is 190 g/mol. The van der Waals surface area contributed by atoms with Crippen molar-refractivity contribution in [3.05, 3.63) is 33.5 Å². The first-order chi connectivity index (χ1) is 7.08. The Hall–Kier alpha value is -1.12. The topological polar surface area (TPSA) is 43.1 Å². The summed E-state index contributed by atoms with van der Waals surface area (Å²) in [6.45, 7) is 4.22. The minimum absolute atomic E-state index is 0.253. The first kappa shape index (κ1) is 10.4. The molecule has 0 aliphatic heterocycles. The maximum atomic E-state index is 10.8. The van der Waals surface area contributed by atoms with Crippen molar-refractivity contribution in [1.29, 1.82) is 0 Å². The predicted octanol–water partition coefficient (Wildman–Crippen LogP) is 3.16. The molecule has 0 aromatic rings. The van der Waals surface area contributed by atoms with Crippen LogP contribution in [0.3, 0.4) is 0 Å². The number of hydrogen-bond donors (Lipinski definition) is 0. The van der Waals surface area contributed by atoms with Gasteiger partial charge in [-0.15, -0.1) is 0 Å². The van der Waals surface area contributed by atoms with E-state index >= 15 is 0 Å². The van der Waals surface area contributed by atoms with Gasteiger partial charge < -0.3 is 0 Å². The molecule has 0 saturated heterocycles. The van der Waals surface area contributed by atoms with E-state index in [2.05, 4.69) is 13.8 Å². The van der Waals surface area contributed by atoms with E-state index in [0.29, 0.717) is 23.5 Å². The fraction of sp³-hybridized carbons (Fsp3) is 0.667. The van der Waals surface area contributed by atoms with Crippen molar-refractivity contribution in [1.82, 2.24) is 0 Å². The molecule has 0 bridgehead atoms. The lowest BCUT2D eigenvalue weighted by Crippen LogP contribution is -2.13. The van der Waals surface area contributed by atoms with Crippen molar-refractivity contribution in [3.8, 4) is 0 Å². The monoisotopic (exact) mass is 207 g/mol. The summed E-state index contributed by atoms with van der Waals surface area (Å²) in [6.07, 6.45) is 7.15. The van der Waals surface area contributed by atoms with Gasteiger partial charge in [0, 0.05) is 6.08 Å². The van der Waals surface area contributed by atoms with Gasteiger partial charge in [0.05, 0.1) is 4.92 Å². The van der Waals surface area contributed by atoms with Gasteiger partial charge >= 0.3 is 0 Å². The van der Waals surface area contributed by atoms with Crippen molar-refractivity contribution < 1.29 is 4.92 Å². The van der Waals surface area contributed by atoms with Crippen molar-refractivity contribution in [2.45, 2.75) is 33.1 Å². The molecular formula is C12H17NO2. The maximum Gasteiger partial charge on any atom is 0.265 e. The van der Waals surface area contributed by atoms with Gasteiger partial charge in [0.1, 0.15) is 0 Å². The smallest absolute Gasteiger partial charge is 0.258 e. The zero-order chi connectivity index (χ0) is 11.0. The van der Waals surface area contributed by atoms with Crippen LogP contribution in [-0.2, 0) is 0 Å². The molecule has 1 unspecified atom stereocenters. The van der Waals surface area contributed by atoms with Crippen molar-refractivity contribution in [2.24, 2.45) is 17.8 Å². The highest BCUT2D eigenvalue weighted by atomic mass is 16.6. The number of nitrogens with zero attached hydrogens (tertiary/aromatic N) is 1. The average molecular weight is 207 g/mol. The highest BCUT2D eigenvalue weighted by molar-refractivity contribution is 5.26. The Morgan fingerprint density at radius 3 is 2.60 bits per heavy atom. The van der Waals surface area contributed by atoms with Crippen LogP contribution in [0.25, 0.3) is 0 Å². The van der Waals surface area contributed by atoms with E-state index in [9.17, 15) is 10.1 Å². The summed E-state index contributed by atoms with van der Waals surface area (Å²) in [6, 6.07) is 0. The molecule has 3 heteroatoms. The number of rotatable bonds is 3. The third-order valence-electron chi connectivity index (χ3n) is 3.37. The zero-order valence-corrected chi connectivity index (χ0v) is 9.27. The summed E-state index contributed by atoms with van der Waals surface area (Å²) in [5.41, 5.74) is 1.54. The third kappa shape index (κ3) is 2.28. The van der Waals surface area contributed by atoms with E-state index in [0.717, 1.165) is 6.42 Å². The Morgan fingerprint density at radius 1 is 1.47 bits per heavy atom. The normalized spacial score (nSPS) is 26.2. The second-order valence-electron chi connectivity index (χ2n) is 4.93. The molecule has 0 radical (unpaired) electrons. The number of hydrogen-bond acceptors (Lipinski definition) is 2. The minimum Gasteiger partial charge on any atom is -0.258 e. The van der Waals surface area contributed by atoms with E-state index in [-0.39, 0.29) is 4.92 Å². The number of allylic oxidation sites excluding steroid dienone is 3. The van der Waals surface area contributed by atoms with Crippen LogP contribution in [0.5, 0.6) is 0 Å². The average Bonchev–Trinajstić information content (AvgIpc) is 3.00. The standard InChI is InChI=1S/C12H17NO2/c1-8(2)10-5-11(9-3-4-9)7-12(6-10)13(14)15/h6-9,11H,3-5H2,1-2H3. The van der Waals surface area contributed by atoms with Gasteiger partial charge in [0.2, 0.25) is 0 Å². The first-order valence-corrected chi connectivity index (χ1v) is 5.64. The van der Waals surface area contributed by atoms with E-state index < -0.39 is 0 Å². The van der Waals surface area contributed by atoms with Crippen LogP contribution in [0.2, 0.25) is 0 Å². The SMILES string of the molecule is CC(C)C1=CC([N+](=O)[O-])=CC(C2CC2)C1. The quantitative estimate of drug-likeness (QED) is 0.527. The molecule has 0 heterocycles. The summed E-state index contributed by atoms with van der Waals surface area (Å²) >= 11 is 0. The molecule has 0 aromatic heterocycles. The van der Waals surface area contributed by atoms with Crippen LogP contribution in [0.15, 0.2) is 23.4 Å². The predicted molar refractivity (Wildman–Crippen MR) is 58.8 cm³/mol. The summed E-state index contributed by atoms with van der Waals surface area (Å²) in [7, 11) is 0. The van der Waals surface area contributed by atoms with Crippen LogP contribution < -0.4 is 0 Å². The Balaban J connectivity index is 2.21. The second-order valence-corrected chi connectivity index (χ2v) is 4.93. The third-order valence-corrected chi connectivity index (χ3v) is 3.37. The van der Waals surface area contributed by atoms with Crippen LogP contribution >= 0.6 is 0 Å². The lowest BCUT2D eigenvalue weighted by atomic mass is 9.84. The van der Waals surface area contributed by atoms with Crippen molar-refractivity contribution >= 4 is 0 Å². The highest BCUT2D eigenvalue weighted by Crippen LogP contribution is 2.43. The van der Waals surface area contributed by atoms with Gasteiger partial charge in [-0.25, -0.2) is 0 Å². The molecule has 15 heavy (non-hydrogen) atoms. The lowest BCUT2D eigenvalue weighted by molar-refractivity contribution is -0.420. The van der Waals surface area contributed by atoms with E-state index in [1.807, 2.05) is 6.08 Å². The molecule has 1 atom stereocenters. The Morgan fingerprint density at radius 2 is 2.13 bits per heavy atom. The molecule has 2 aliphatic carbocycles. The van der Waals surface area contributed by atoms with Gasteiger partial charge in [-0.05, 0) is 43.1 Å². The molecule has 0 N–H and O–H groups in total. The van der Waals surface area contributed by atoms with Gasteiger partial charge in [0.25, 0.3) is 5.70 Å². The Bertz CT molecular complexity index is 338.